The Balaban J connectivity index is 2.90. The van der Waals surface area contributed by atoms with Gasteiger partial charge in [-0.05, 0) is 28.1 Å². The summed E-state index contributed by atoms with van der Waals surface area (Å²) in [6.07, 6.45) is 0. The maximum absolute atomic E-state index is 5.72. The van der Waals surface area contributed by atoms with Gasteiger partial charge in [0.1, 0.15) is 0 Å². The van der Waals surface area contributed by atoms with Gasteiger partial charge in [0.05, 0.1) is 15.8 Å². The van der Waals surface area contributed by atoms with Gasteiger partial charge in [-0.15, -0.1) is 0 Å². The van der Waals surface area contributed by atoms with Gasteiger partial charge in [-0.2, -0.15) is 0 Å². The van der Waals surface area contributed by atoms with Gasteiger partial charge in [0.15, 0.2) is 0 Å². The number of halogens is 1. The lowest BCUT2D eigenvalue weighted by molar-refractivity contribution is 1.41. The quantitative estimate of drug-likeness (QED) is 0.646. The van der Waals surface area contributed by atoms with E-state index in [0.29, 0.717) is 0 Å². The van der Waals surface area contributed by atoms with E-state index in [4.69, 9.17) is 5.73 Å². The minimum absolute atomic E-state index is 0.785. The third-order valence-electron chi connectivity index (χ3n) is 1.66. The number of anilines is 1. The van der Waals surface area contributed by atoms with Gasteiger partial charge in [0.2, 0.25) is 0 Å². The highest BCUT2D eigenvalue weighted by molar-refractivity contribution is 9.10. The first-order valence-corrected chi connectivity index (χ1v) is 4.09. The van der Waals surface area contributed by atoms with Gasteiger partial charge in [0, 0.05) is 5.39 Å². The van der Waals surface area contributed by atoms with E-state index in [1.165, 1.54) is 0 Å². The molecule has 1 aromatic carbocycles. The summed E-state index contributed by atoms with van der Waals surface area (Å²) in [5.74, 6) is 0. The fourth-order valence-electron chi connectivity index (χ4n) is 1.15. The molecule has 0 bridgehead atoms. The molecular weight excluding hydrogens is 204 g/mol. The molecule has 0 radical (unpaired) electrons. The van der Waals surface area contributed by atoms with Crippen molar-refractivity contribution in [1.29, 1.82) is 0 Å². The Morgan fingerprint density at radius 2 is 2.18 bits per heavy atom. The maximum Gasteiger partial charge on any atom is 0.0831 e. The molecule has 0 spiro atoms. The maximum atomic E-state index is 5.72. The van der Waals surface area contributed by atoms with Crippen LogP contribution in [0.25, 0.3) is 10.9 Å². The van der Waals surface area contributed by atoms with E-state index in [1.807, 2.05) is 24.3 Å². The lowest BCUT2D eigenvalue weighted by Gasteiger charge is -1.92. The third kappa shape index (κ3) is 1.01. The minimum Gasteiger partial charge on any atom is -0.397 e. The van der Waals surface area contributed by atoms with E-state index in [1.54, 1.807) is 0 Å². The molecule has 0 aliphatic carbocycles. The minimum atomic E-state index is 0.785. The number of hydrogen-bond acceptors (Lipinski definition) is 1. The average molecular weight is 211 g/mol. The molecule has 2 aromatic rings. The average Bonchev–Trinajstić information content (AvgIpc) is 2.31. The molecule has 0 aliphatic heterocycles. The third-order valence-corrected chi connectivity index (χ3v) is 2.08. The molecule has 0 amide bonds. The Kier molecular flexibility index (Phi) is 1.39. The van der Waals surface area contributed by atoms with Crippen LogP contribution >= 0.6 is 15.9 Å². The highest BCUT2D eigenvalue weighted by atomic mass is 79.9. The number of benzene rings is 1. The summed E-state index contributed by atoms with van der Waals surface area (Å²) >= 11 is 3.35. The van der Waals surface area contributed by atoms with Gasteiger partial charge in [-0.3, -0.25) is 0 Å². The zero-order chi connectivity index (χ0) is 7.84. The van der Waals surface area contributed by atoms with Crippen molar-refractivity contribution in [2.75, 3.05) is 5.73 Å². The van der Waals surface area contributed by atoms with Crippen LogP contribution in [-0.2, 0) is 0 Å². The summed E-state index contributed by atoms with van der Waals surface area (Å²) < 4.78 is 0.963. The van der Waals surface area contributed by atoms with E-state index in [2.05, 4.69) is 20.9 Å². The fourth-order valence-corrected chi connectivity index (χ4v) is 1.59. The Hall–Kier alpha value is -0.960. The Morgan fingerprint density at radius 3 is 2.91 bits per heavy atom. The second kappa shape index (κ2) is 2.27. The number of rotatable bonds is 0. The Labute approximate surface area is 72.5 Å². The second-order valence-corrected chi connectivity index (χ2v) is 3.28. The summed E-state index contributed by atoms with van der Waals surface area (Å²) in [5.41, 5.74) is 7.50. The SMILES string of the molecule is Nc1cccc2cc(Br)[nH]c12. The number of nitrogens with two attached hydrogens (primary N) is 1. The predicted molar refractivity (Wildman–Crippen MR) is 50.4 cm³/mol. The molecule has 0 aliphatic rings. The molecule has 3 N–H and O–H groups in total. The zero-order valence-electron chi connectivity index (χ0n) is 5.76. The number of H-pyrrole nitrogens is 1. The second-order valence-electron chi connectivity index (χ2n) is 2.43. The molecule has 0 atom stereocenters. The molecule has 11 heavy (non-hydrogen) atoms. The van der Waals surface area contributed by atoms with Crippen LogP contribution < -0.4 is 5.73 Å². The van der Waals surface area contributed by atoms with E-state index >= 15 is 0 Å². The lowest BCUT2D eigenvalue weighted by Crippen LogP contribution is -1.84. The normalized spacial score (nSPS) is 10.6. The molecule has 2 nitrogen and oxygen atoms in total. The van der Waals surface area contributed by atoms with Crippen LogP contribution in [0.2, 0.25) is 0 Å². The fraction of sp³-hybridized carbons (Fsp3) is 0. The van der Waals surface area contributed by atoms with Crippen molar-refractivity contribution < 1.29 is 0 Å². The van der Waals surface area contributed by atoms with Gasteiger partial charge >= 0.3 is 0 Å². The predicted octanol–water partition coefficient (Wildman–Crippen LogP) is 2.51. The van der Waals surface area contributed by atoms with E-state index in [-0.39, 0.29) is 0 Å². The monoisotopic (exact) mass is 210 g/mol. The van der Waals surface area contributed by atoms with Gasteiger partial charge in [-0.1, -0.05) is 12.1 Å². The largest absolute Gasteiger partial charge is 0.397 e. The van der Waals surface area contributed by atoms with Crippen LogP contribution in [-0.4, -0.2) is 4.98 Å². The molecule has 0 fully saturated rings. The highest BCUT2D eigenvalue weighted by Gasteiger charge is 1.99. The van der Waals surface area contributed by atoms with E-state index in [0.717, 1.165) is 21.2 Å². The van der Waals surface area contributed by atoms with Crippen molar-refractivity contribution in [2.24, 2.45) is 0 Å². The molecule has 56 valence electrons. The number of aromatic amines is 1. The molecule has 1 heterocycles. The molecule has 3 heteroatoms. The highest BCUT2D eigenvalue weighted by Crippen LogP contribution is 2.23. The number of nitrogen functional groups attached to an aromatic ring is 1. The molecule has 0 saturated heterocycles. The Bertz CT molecular complexity index is 392. The van der Waals surface area contributed by atoms with Crippen LogP contribution in [0.15, 0.2) is 28.9 Å². The molecule has 0 saturated carbocycles. The van der Waals surface area contributed by atoms with Crippen molar-refractivity contribution in [3.8, 4) is 0 Å². The van der Waals surface area contributed by atoms with Crippen molar-refractivity contribution in [3.05, 3.63) is 28.9 Å². The van der Waals surface area contributed by atoms with Gasteiger partial charge in [0.25, 0.3) is 0 Å². The summed E-state index contributed by atoms with van der Waals surface area (Å²) in [4.78, 5) is 3.12. The molecule has 2 rings (SSSR count). The molecule has 0 unspecified atom stereocenters. The molecule has 1 aromatic heterocycles. The van der Waals surface area contributed by atoms with E-state index < -0.39 is 0 Å². The van der Waals surface area contributed by atoms with Crippen LogP contribution in [0.1, 0.15) is 0 Å². The smallest absolute Gasteiger partial charge is 0.0831 e. The lowest BCUT2D eigenvalue weighted by atomic mass is 10.2. The summed E-state index contributed by atoms with van der Waals surface area (Å²) in [7, 11) is 0. The first kappa shape index (κ1) is 6.73. The van der Waals surface area contributed by atoms with Crippen molar-refractivity contribution >= 4 is 32.5 Å². The van der Waals surface area contributed by atoms with Crippen LogP contribution in [0.3, 0.4) is 0 Å². The number of fused-ring (bicyclic) bond motifs is 1. The number of nitrogens with one attached hydrogen (secondary N) is 1. The van der Waals surface area contributed by atoms with Gasteiger partial charge < -0.3 is 10.7 Å². The number of hydrogen-bond donors (Lipinski definition) is 2. The van der Waals surface area contributed by atoms with Crippen LogP contribution in [0.5, 0.6) is 0 Å². The summed E-state index contributed by atoms with van der Waals surface area (Å²) in [6, 6.07) is 7.85. The molecular formula is C8H7BrN2. The van der Waals surface area contributed by atoms with Crippen LogP contribution in [0, 0.1) is 0 Å². The standard InChI is InChI=1S/C8H7BrN2/c9-7-4-5-2-1-3-6(10)8(5)11-7/h1-4,11H,10H2. The Morgan fingerprint density at radius 1 is 1.36 bits per heavy atom. The summed E-state index contributed by atoms with van der Waals surface area (Å²) in [6.45, 7) is 0. The number of para-hydroxylation sites is 1. The first-order valence-electron chi connectivity index (χ1n) is 3.30. The van der Waals surface area contributed by atoms with Crippen molar-refractivity contribution in [3.63, 3.8) is 0 Å². The number of aromatic nitrogens is 1. The van der Waals surface area contributed by atoms with E-state index in [9.17, 15) is 0 Å². The van der Waals surface area contributed by atoms with Crippen molar-refractivity contribution in [2.45, 2.75) is 0 Å². The van der Waals surface area contributed by atoms with Crippen LogP contribution in [0.4, 0.5) is 5.69 Å². The zero-order valence-corrected chi connectivity index (χ0v) is 7.35. The summed E-state index contributed by atoms with van der Waals surface area (Å²) in [5, 5.41) is 1.14. The first-order chi connectivity index (χ1) is 5.27. The van der Waals surface area contributed by atoms with Crippen molar-refractivity contribution in [1.82, 2.24) is 4.98 Å². The van der Waals surface area contributed by atoms with Gasteiger partial charge in [-0.25, -0.2) is 0 Å². The topological polar surface area (TPSA) is 41.8 Å².